The van der Waals surface area contributed by atoms with E-state index in [9.17, 15) is 4.79 Å². The summed E-state index contributed by atoms with van der Waals surface area (Å²) in [7, 11) is 0. The molecule has 1 aliphatic carbocycles. The molecule has 0 atom stereocenters. The van der Waals surface area contributed by atoms with E-state index in [2.05, 4.69) is 83.1 Å². The number of hydrogen-bond donors (Lipinski definition) is 2. The second kappa shape index (κ2) is 12.7. The van der Waals surface area contributed by atoms with Crippen molar-refractivity contribution in [2.24, 2.45) is 0 Å². The van der Waals surface area contributed by atoms with E-state index >= 15 is 0 Å². The van der Waals surface area contributed by atoms with Crippen LogP contribution in [0.25, 0.3) is 10.9 Å². The Hall–Kier alpha value is -2.50. The second-order valence-electron chi connectivity index (χ2n) is 8.43. The quantitative estimate of drug-likeness (QED) is 0.430. The van der Waals surface area contributed by atoms with Gasteiger partial charge in [0.1, 0.15) is 5.82 Å². The standard InChI is InChI=1S/C26H32N4O.2ClH/c1-3-30(23-9-5-4-6-10-23)18-20-17-26(29-25-12-8-7-11-24(20)25)28-22-15-13-21(14-16-22)27-19(2)31;;/h4-12,17,21-22H,3,13-16,18H2,1-2H3,(H,27,31)(H,28,29);2*1H. The molecule has 0 saturated heterocycles. The maximum atomic E-state index is 11.3. The van der Waals surface area contributed by atoms with Gasteiger partial charge in [-0.25, -0.2) is 4.98 Å². The molecule has 0 spiro atoms. The number of nitrogens with one attached hydrogen (secondary N) is 2. The van der Waals surface area contributed by atoms with Gasteiger partial charge in [0, 0.05) is 43.2 Å². The van der Waals surface area contributed by atoms with Crippen molar-refractivity contribution in [1.82, 2.24) is 10.3 Å². The van der Waals surface area contributed by atoms with Gasteiger partial charge in [0.25, 0.3) is 0 Å². The van der Waals surface area contributed by atoms with E-state index in [1.807, 2.05) is 0 Å². The number of hydrogen-bond acceptors (Lipinski definition) is 4. The minimum Gasteiger partial charge on any atom is -0.367 e. The number of anilines is 2. The Morgan fingerprint density at radius 3 is 2.27 bits per heavy atom. The van der Waals surface area contributed by atoms with Gasteiger partial charge < -0.3 is 15.5 Å². The molecule has 1 aliphatic rings. The predicted molar refractivity (Wildman–Crippen MR) is 143 cm³/mol. The Morgan fingerprint density at radius 2 is 1.61 bits per heavy atom. The summed E-state index contributed by atoms with van der Waals surface area (Å²) in [5.41, 5.74) is 3.54. The lowest BCUT2D eigenvalue weighted by Crippen LogP contribution is -2.39. The number of nitrogens with zero attached hydrogens (tertiary/aromatic N) is 2. The summed E-state index contributed by atoms with van der Waals surface area (Å²) in [6.45, 7) is 5.58. The van der Waals surface area contributed by atoms with Crippen LogP contribution in [0, 0.1) is 0 Å². The number of para-hydroxylation sites is 2. The zero-order valence-electron chi connectivity index (χ0n) is 19.3. The van der Waals surface area contributed by atoms with Crippen LogP contribution in [0.2, 0.25) is 0 Å². The first-order chi connectivity index (χ1) is 15.1. The van der Waals surface area contributed by atoms with Crippen LogP contribution in [0.15, 0.2) is 60.7 Å². The van der Waals surface area contributed by atoms with Crippen molar-refractivity contribution >= 4 is 53.1 Å². The van der Waals surface area contributed by atoms with E-state index in [0.29, 0.717) is 12.1 Å². The first-order valence-electron chi connectivity index (χ1n) is 11.3. The monoisotopic (exact) mass is 488 g/mol. The van der Waals surface area contributed by atoms with E-state index < -0.39 is 0 Å². The Morgan fingerprint density at radius 1 is 0.970 bits per heavy atom. The molecule has 0 unspecified atom stereocenters. The molecule has 1 fully saturated rings. The molecule has 3 aromatic rings. The van der Waals surface area contributed by atoms with Gasteiger partial charge in [0.2, 0.25) is 5.91 Å². The van der Waals surface area contributed by atoms with Crippen molar-refractivity contribution in [3.63, 3.8) is 0 Å². The molecule has 1 heterocycles. The van der Waals surface area contributed by atoms with Crippen molar-refractivity contribution in [2.75, 3.05) is 16.8 Å². The summed E-state index contributed by atoms with van der Waals surface area (Å²) < 4.78 is 0. The van der Waals surface area contributed by atoms with Gasteiger partial charge in [-0.05, 0) is 62.4 Å². The fourth-order valence-electron chi connectivity index (χ4n) is 4.56. The fourth-order valence-corrected chi connectivity index (χ4v) is 4.56. The number of halogens is 2. The highest BCUT2D eigenvalue weighted by atomic mass is 35.5. The van der Waals surface area contributed by atoms with Crippen LogP contribution in [-0.2, 0) is 11.3 Å². The van der Waals surface area contributed by atoms with Gasteiger partial charge in [-0.1, -0.05) is 36.4 Å². The molecule has 5 nitrogen and oxygen atoms in total. The largest absolute Gasteiger partial charge is 0.367 e. The number of benzene rings is 2. The highest BCUT2D eigenvalue weighted by Crippen LogP contribution is 2.27. The van der Waals surface area contributed by atoms with Gasteiger partial charge >= 0.3 is 0 Å². The molecule has 0 aliphatic heterocycles. The minimum atomic E-state index is 0. The molecule has 2 aromatic carbocycles. The summed E-state index contributed by atoms with van der Waals surface area (Å²) in [5, 5.41) is 7.94. The number of amides is 1. The molecule has 7 heteroatoms. The summed E-state index contributed by atoms with van der Waals surface area (Å²) in [6.07, 6.45) is 4.10. The first-order valence-corrected chi connectivity index (χ1v) is 11.3. The predicted octanol–water partition coefficient (Wildman–Crippen LogP) is 5.96. The molecule has 1 saturated carbocycles. The molecule has 2 N–H and O–H groups in total. The van der Waals surface area contributed by atoms with Crippen molar-refractivity contribution < 1.29 is 4.79 Å². The molecular weight excluding hydrogens is 455 g/mol. The number of carbonyl (C=O) groups excluding carboxylic acids is 1. The van der Waals surface area contributed by atoms with E-state index in [4.69, 9.17) is 4.98 Å². The Balaban J connectivity index is 0.00000193. The zero-order chi connectivity index (χ0) is 21.6. The Labute approximate surface area is 209 Å². The van der Waals surface area contributed by atoms with E-state index in [0.717, 1.165) is 50.1 Å². The topological polar surface area (TPSA) is 57.3 Å². The van der Waals surface area contributed by atoms with Gasteiger partial charge in [0.05, 0.1) is 5.52 Å². The molecule has 4 rings (SSSR count). The lowest BCUT2D eigenvalue weighted by atomic mass is 9.91. The average Bonchev–Trinajstić information content (AvgIpc) is 2.79. The van der Waals surface area contributed by atoms with Crippen LogP contribution < -0.4 is 15.5 Å². The average molecular weight is 489 g/mol. The molecule has 33 heavy (non-hydrogen) atoms. The normalized spacial score (nSPS) is 17.4. The summed E-state index contributed by atoms with van der Waals surface area (Å²) in [5.74, 6) is 1.01. The minimum absolute atomic E-state index is 0. The lowest BCUT2D eigenvalue weighted by Gasteiger charge is -2.30. The highest BCUT2D eigenvalue weighted by molar-refractivity contribution is 5.86. The van der Waals surface area contributed by atoms with E-state index in [1.165, 1.54) is 16.6 Å². The third kappa shape index (κ3) is 6.99. The third-order valence-electron chi connectivity index (χ3n) is 6.15. The van der Waals surface area contributed by atoms with Crippen LogP contribution in [0.3, 0.4) is 0 Å². The maximum Gasteiger partial charge on any atom is 0.217 e. The highest BCUT2D eigenvalue weighted by Gasteiger charge is 2.22. The molecule has 1 amide bonds. The molecule has 1 aromatic heterocycles. The smallest absolute Gasteiger partial charge is 0.217 e. The van der Waals surface area contributed by atoms with Gasteiger partial charge in [-0.2, -0.15) is 0 Å². The summed E-state index contributed by atoms with van der Waals surface area (Å²) in [6, 6.07) is 21.9. The lowest BCUT2D eigenvalue weighted by molar-refractivity contribution is -0.119. The number of aromatic nitrogens is 1. The Bertz CT molecular complexity index is 1020. The van der Waals surface area contributed by atoms with E-state index in [-0.39, 0.29) is 30.7 Å². The number of rotatable bonds is 7. The van der Waals surface area contributed by atoms with Gasteiger partial charge in [-0.15, -0.1) is 24.8 Å². The molecular formula is C26H34Cl2N4O. The van der Waals surface area contributed by atoms with Crippen LogP contribution in [-0.4, -0.2) is 29.5 Å². The SMILES string of the molecule is CCN(Cc1cc(NC2CCC(NC(C)=O)CC2)nc2ccccc12)c1ccccc1.Cl.Cl. The van der Waals surface area contributed by atoms with Gasteiger partial charge in [-0.3, -0.25) is 4.79 Å². The van der Waals surface area contributed by atoms with Crippen LogP contribution >= 0.6 is 24.8 Å². The first kappa shape index (κ1) is 26.7. The van der Waals surface area contributed by atoms with Crippen molar-refractivity contribution in [3.05, 3.63) is 66.2 Å². The van der Waals surface area contributed by atoms with Crippen molar-refractivity contribution in [2.45, 2.75) is 58.2 Å². The third-order valence-corrected chi connectivity index (χ3v) is 6.15. The van der Waals surface area contributed by atoms with Crippen molar-refractivity contribution in [1.29, 1.82) is 0 Å². The van der Waals surface area contributed by atoms with Crippen molar-refractivity contribution in [3.8, 4) is 0 Å². The number of fused-ring (bicyclic) bond motifs is 1. The molecule has 0 bridgehead atoms. The Kier molecular flexibility index (Phi) is 10.3. The second-order valence-corrected chi connectivity index (χ2v) is 8.43. The zero-order valence-corrected chi connectivity index (χ0v) is 20.9. The molecule has 0 radical (unpaired) electrons. The fraction of sp³-hybridized carbons (Fsp3) is 0.385. The van der Waals surface area contributed by atoms with Crippen LogP contribution in [0.1, 0.15) is 45.1 Å². The van der Waals surface area contributed by atoms with Gasteiger partial charge in [0.15, 0.2) is 0 Å². The van der Waals surface area contributed by atoms with E-state index in [1.54, 1.807) is 6.92 Å². The molecule has 178 valence electrons. The summed E-state index contributed by atoms with van der Waals surface area (Å²) >= 11 is 0. The number of pyridine rings is 1. The number of carbonyl (C=O) groups is 1. The summed E-state index contributed by atoms with van der Waals surface area (Å²) in [4.78, 5) is 18.6. The maximum absolute atomic E-state index is 11.3. The van der Waals surface area contributed by atoms with Crippen LogP contribution in [0.5, 0.6) is 0 Å². The van der Waals surface area contributed by atoms with Crippen LogP contribution in [0.4, 0.5) is 11.5 Å².